The van der Waals surface area contributed by atoms with Crippen LogP contribution in [0.1, 0.15) is 64.0 Å². The van der Waals surface area contributed by atoms with Crippen molar-refractivity contribution in [3.8, 4) is 5.75 Å². The second kappa shape index (κ2) is 9.47. The normalized spacial score (nSPS) is 16.9. The lowest BCUT2D eigenvalue weighted by Crippen LogP contribution is -2.44. The number of amides is 1. The molecule has 7 heteroatoms. The van der Waals surface area contributed by atoms with E-state index in [2.05, 4.69) is 0 Å². The molecule has 2 aliphatic heterocycles. The van der Waals surface area contributed by atoms with Gasteiger partial charge in [0, 0.05) is 7.11 Å². The number of nitrogens with zero attached hydrogens (tertiary/aromatic N) is 1. The number of aryl methyl sites for hydroxylation is 3. The van der Waals surface area contributed by atoms with Crippen LogP contribution in [0.15, 0.2) is 30.0 Å². The van der Waals surface area contributed by atoms with Crippen LogP contribution < -0.4 is 4.74 Å². The third kappa shape index (κ3) is 4.34. The molecule has 0 bridgehead atoms. The Morgan fingerprint density at radius 1 is 1.11 bits per heavy atom. The number of carbonyl (C=O) groups is 2. The molecule has 0 saturated carbocycles. The zero-order valence-electron chi connectivity index (χ0n) is 21.5. The Morgan fingerprint density at radius 3 is 2.46 bits per heavy atom. The number of benzene rings is 2. The van der Waals surface area contributed by atoms with Crippen molar-refractivity contribution >= 4 is 17.4 Å². The second-order valence-electron chi connectivity index (χ2n) is 9.73. The van der Waals surface area contributed by atoms with Crippen LogP contribution in [0.4, 0.5) is 0 Å². The van der Waals surface area contributed by atoms with Crippen LogP contribution in [-0.4, -0.2) is 43.0 Å². The van der Waals surface area contributed by atoms with Crippen molar-refractivity contribution < 1.29 is 28.6 Å². The molecular weight excluding hydrogens is 446 g/mol. The van der Waals surface area contributed by atoms with Gasteiger partial charge in [-0.2, -0.15) is 0 Å². The molecule has 2 aliphatic rings. The summed E-state index contributed by atoms with van der Waals surface area (Å²) in [6.45, 7) is 12.0. The number of fused-ring (bicyclic) bond motifs is 1. The number of ether oxygens (including phenoxy) is 3. The van der Waals surface area contributed by atoms with Gasteiger partial charge in [0.25, 0.3) is 5.91 Å². The Balaban J connectivity index is 1.83. The van der Waals surface area contributed by atoms with Crippen LogP contribution in [0.3, 0.4) is 0 Å². The fourth-order valence-corrected chi connectivity index (χ4v) is 5.12. The van der Waals surface area contributed by atoms with Crippen molar-refractivity contribution in [3.05, 3.63) is 69.0 Å². The van der Waals surface area contributed by atoms with Gasteiger partial charge in [-0.3, -0.25) is 4.79 Å². The summed E-state index contributed by atoms with van der Waals surface area (Å²) < 4.78 is 16.9. The van der Waals surface area contributed by atoms with Crippen molar-refractivity contribution in [2.45, 2.75) is 59.9 Å². The first-order valence-corrected chi connectivity index (χ1v) is 11.8. The highest BCUT2D eigenvalue weighted by Crippen LogP contribution is 2.43. The van der Waals surface area contributed by atoms with Crippen LogP contribution >= 0.6 is 0 Å². The first kappa shape index (κ1) is 24.9. The van der Waals surface area contributed by atoms with E-state index in [9.17, 15) is 9.59 Å². The quantitative estimate of drug-likeness (QED) is 0.430. The van der Waals surface area contributed by atoms with E-state index in [4.69, 9.17) is 19.0 Å². The summed E-state index contributed by atoms with van der Waals surface area (Å²) >= 11 is 0. The van der Waals surface area contributed by atoms with Crippen LogP contribution in [0.25, 0.3) is 5.57 Å². The van der Waals surface area contributed by atoms with Crippen LogP contribution in [0.5, 0.6) is 5.75 Å². The molecule has 2 aromatic carbocycles. The number of hydrogen-bond acceptors (Lipinski definition) is 6. The molecule has 186 valence electrons. The van der Waals surface area contributed by atoms with Gasteiger partial charge >= 0.3 is 5.97 Å². The molecule has 0 aromatic heterocycles. The minimum Gasteiger partial charge on any atom is -0.493 e. The van der Waals surface area contributed by atoms with E-state index < -0.39 is 11.5 Å². The Bertz CT molecular complexity index is 1200. The van der Waals surface area contributed by atoms with E-state index >= 15 is 0 Å². The van der Waals surface area contributed by atoms with Crippen LogP contribution in [-0.2, 0) is 25.5 Å². The Morgan fingerprint density at radius 2 is 1.80 bits per heavy atom. The highest BCUT2D eigenvalue weighted by atomic mass is 16.8. The third-order valence-electron chi connectivity index (χ3n) is 6.71. The van der Waals surface area contributed by atoms with Crippen LogP contribution in [0.2, 0.25) is 0 Å². The van der Waals surface area contributed by atoms with Crippen LogP contribution in [0, 0.1) is 27.7 Å². The standard InChI is InChI=1S/C28H33NO6/c1-16-13-17(2)23(18(3)14-16)24-25(28(5,6)29(26(24)30)34-15-32-7)35-27(31)21-10-11-22-20(19(21)4)9-8-12-33-22/h10-11,13-14H,8-9,12,15H2,1-7H3. The first-order chi connectivity index (χ1) is 16.6. The summed E-state index contributed by atoms with van der Waals surface area (Å²) in [5.41, 5.74) is 5.28. The van der Waals surface area contributed by atoms with Gasteiger partial charge in [0.2, 0.25) is 0 Å². The summed E-state index contributed by atoms with van der Waals surface area (Å²) in [7, 11) is 1.49. The smallest absolute Gasteiger partial charge is 0.343 e. The summed E-state index contributed by atoms with van der Waals surface area (Å²) in [5, 5.41) is 1.24. The minimum absolute atomic E-state index is 0.112. The molecule has 2 heterocycles. The molecule has 0 unspecified atom stereocenters. The maximum absolute atomic E-state index is 13.7. The molecule has 7 nitrogen and oxygen atoms in total. The number of carbonyl (C=O) groups excluding carboxylic acids is 2. The molecule has 0 saturated heterocycles. The maximum atomic E-state index is 13.7. The lowest BCUT2D eigenvalue weighted by atomic mass is 9.91. The van der Waals surface area contributed by atoms with E-state index in [1.807, 2.05) is 45.9 Å². The van der Waals surface area contributed by atoms with Crippen molar-refractivity contribution in [3.63, 3.8) is 0 Å². The van der Waals surface area contributed by atoms with Gasteiger partial charge < -0.3 is 14.2 Å². The van der Waals surface area contributed by atoms with Gasteiger partial charge in [0.15, 0.2) is 6.79 Å². The molecule has 0 fully saturated rings. The van der Waals surface area contributed by atoms with Gasteiger partial charge in [0.1, 0.15) is 17.0 Å². The summed E-state index contributed by atoms with van der Waals surface area (Å²) in [6, 6.07) is 7.58. The van der Waals surface area contributed by atoms with Crippen molar-refractivity contribution in [2.75, 3.05) is 20.5 Å². The lowest BCUT2D eigenvalue weighted by molar-refractivity contribution is -0.238. The van der Waals surface area contributed by atoms with E-state index in [0.717, 1.165) is 52.0 Å². The molecule has 0 spiro atoms. The average molecular weight is 480 g/mol. The Labute approximate surface area is 206 Å². The molecular formula is C28H33NO6. The molecule has 0 radical (unpaired) electrons. The third-order valence-corrected chi connectivity index (χ3v) is 6.71. The largest absolute Gasteiger partial charge is 0.493 e. The lowest BCUT2D eigenvalue weighted by Gasteiger charge is -2.31. The van der Waals surface area contributed by atoms with Gasteiger partial charge in [-0.25, -0.2) is 14.7 Å². The number of rotatable bonds is 6. The predicted octanol–water partition coefficient (Wildman–Crippen LogP) is 4.97. The molecule has 0 aliphatic carbocycles. The number of hydroxylamine groups is 2. The first-order valence-electron chi connectivity index (χ1n) is 11.8. The average Bonchev–Trinajstić information content (AvgIpc) is 2.97. The molecule has 0 atom stereocenters. The van der Waals surface area contributed by atoms with Gasteiger partial charge in [-0.1, -0.05) is 17.7 Å². The summed E-state index contributed by atoms with van der Waals surface area (Å²) in [4.78, 5) is 32.9. The SMILES string of the molecule is COCON1C(=O)C(c2c(C)cc(C)cc2C)=C(OC(=O)c2ccc3c(c2C)CCCO3)C1(C)C. The van der Waals surface area contributed by atoms with E-state index in [-0.39, 0.29) is 18.5 Å². The highest BCUT2D eigenvalue weighted by molar-refractivity contribution is 6.23. The Hall–Kier alpha value is -3.16. The van der Waals surface area contributed by atoms with E-state index in [0.29, 0.717) is 17.7 Å². The second-order valence-corrected chi connectivity index (χ2v) is 9.73. The van der Waals surface area contributed by atoms with Gasteiger partial charge in [-0.15, -0.1) is 0 Å². The predicted molar refractivity (Wildman–Crippen MR) is 132 cm³/mol. The van der Waals surface area contributed by atoms with Crippen molar-refractivity contribution in [1.29, 1.82) is 0 Å². The zero-order valence-corrected chi connectivity index (χ0v) is 21.5. The number of esters is 1. The fraction of sp³-hybridized carbons (Fsp3) is 0.429. The van der Waals surface area contributed by atoms with Gasteiger partial charge in [-0.05, 0) is 94.3 Å². The monoisotopic (exact) mass is 479 g/mol. The number of methoxy groups -OCH3 is 1. The molecule has 35 heavy (non-hydrogen) atoms. The minimum atomic E-state index is -1.05. The molecule has 0 N–H and O–H groups in total. The summed E-state index contributed by atoms with van der Waals surface area (Å²) in [6.07, 6.45) is 1.75. The van der Waals surface area contributed by atoms with E-state index in [1.165, 1.54) is 12.2 Å². The topological polar surface area (TPSA) is 74.3 Å². The highest BCUT2D eigenvalue weighted by Gasteiger charge is 2.50. The zero-order chi connectivity index (χ0) is 25.5. The van der Waals surface area contributed by atoms with Gasteiger partial charge in [0.05, 0.1) is 17.7 Å². The van der Waals surface area contributed by atoms with Crippen molar-refractivity contribution in [2.24, 2.45) is 0 Å². The summed E-state index contributed by atoms with van der Waals surface area (Å²) in [5.74, 6) is 0.180. The fourth-order valence-electron chi connectivity index (χ4n) is 5.12. The van der Waals surface area contributed by atoms with Crippen molar-refractivity contribution in [1.82, 2.24) is 5.06 Å². The molecule has 2 aromatic rings. The maximum Gasteiger partial charge on any atom is 0.343 e. The van der Waals surface area contributed by atoms with E-state index in [1.54, 1.807) is 19.9 Å². The number of hydrogen-bond donors (Lipinski definition) is 0. The molecule has 4 rings (SSSR count). The molecule has 1 amide bonds. The Kier molecular flexibility index (Phi) is 6.75.